The number of rotatable bonds is 5. The van der Waals surface area contributed by atoms with Crippen molar-refractivity contribution in [1.82, 2.24) is 5.32 Å². The van der Waals surface area contributed by atoms with E-state index in [0.29, 0.717) is 0 Å². The van der Waals surface area contributed by atoms with Crippen molar-refractivity contribution in [3.63, 3.8) is 0 Å². The van der Waals surface area contributed by atoms with Gasteiger partial charge in [-0.25, -0.2) is 4.79 Å². The van der Waals surface area contributed by atoms with E-state index in [9.17, 15) is 19.8 Å². The first-order chi connectivity index (χ1) is 12.6. The maximum Gasteiger partial charge on any atom is 0.408 e. The van der Waals surface area contributed by atoms with Gasteiger partial charge in [-0.3, -0.25) is 4.79 Å². The predicted molar refractivity (Wildman–Crippen MR) is 102 cm³/mol. The van der Waals surface area contributed by atoms with E-state index in [1.54, 1.807) is 51.1 Å². The molecule has 2 aromatic rings. The Hall–Kier alpha value is -3.22. The summed E-state index contributed by atoms with van der Waals surface area (Å²) < 4.78 is 5.23. The van der Waals surface area contributed by atoms with Crippen LogP contribution in [0, 0.1) is 0 Å². The van der Waals surface area contributed by atoms with Gasteiger partial charge in [-0.05, 0) is 50.6 Å². The first kappa shape index (κ1) is 20.1. The number of carbonyl (C=O) groups excluding carboxylic acids is 2. The highest BCUT2D eigenvalue weighted by atomic mass is 16.6. The number of carbonyl (C=O) groups is 2. The molecule has 27 heavy (non-hydrogen) atoms. The molecule has 2 rings (SSSR count). The largest absolute Gasteiger partial charge is 0.508 e. The van der Waals surface area contributed by atoms with Crippen LogP contribution in [0.15, 0.2) is 48.5 Å². The molecule has 0 radical (unpaired) electrons. The number of hydrogen-bond donors (Lipinski definition) is 4. The summed E-state index contributed by atoms with van der Waals surface area (Å²) in [6, 6.07) is 11.7. The summed E-state index contributed by atoms with van der Waals surface area (Å²) in [5.74, 6) is -0.476. The highest BCUT2D eigenvalue weighted by Crippen LogP contribution is 2.22. The van der Waals surface area contributed by atoms with Crippen LogP contribution < -0.4 is 10.6 Å². The van der Waals surface area contributed by atoms with Crippen LogP contribution in [-0.2, 0) is 16.0 Å². The molecule has 1 atom stereocenters. The Balaban J connectivity index is 2.17. The molecular weight excluding hydrogens is 348 g/mol. The molecule has 2 amide bonds. The fourth-order valence-corrected chi connectivity index (χ4v) is 2.33. The Labute approximate surface area is 158 Å². The van der Waals surface area contributed by atoms with Crippen molar-refractivity contribution in [1.29, 1.82) is 0 Å². The summed E-state index contributed by atoms with van der Waals surface area (Å²) in [6.07, 6.45) is -0.544. The Morgan fingerprint density at radius 3 is 2.26 bits per heavy atom. The molecule has 0 aliphatic carbocycles. The Morgan fingerprint density at radius 2 is 1.67 bits per heavy atom. The van der Waals surface area contributed by atoms with Crippen LogP contribution in [0.5, 0.6) is 11.5 Å². The average Bonchev–Trinajstić information content (AvgIpc) is 2.56. The molecule has 0 unspecified atom stereocenters. The monoisotopic (exact) mass is 372 g/mol. The molecule has 144 valence electrons. The van der Waals surface area contributed by atoms with Crippen molar-refractivity contribution < 1.29 is 24.5 Å². The van der Waals surface area contributed by atoms with E-state index in [4.69, 9.17) is 4.74 Å². The second-order valence-electron chi connectivity index (χ2n) is 7.08. The zero-order valence-electron chi connectivity index (χ0n) is 15.5. The van der Waals surface area contributed by atoms with E-state index in [1.807, 2.05) is 0 Å². The van der Waals surface area contributed by atoms with Gasteiger partial charge in [0.2, 0.25) is 5.91 Å². The van der Waals surface area contributed by atoms with Crippen molar-refractivity contribution in [2.75, 3.05) is 5.32 Å². The number of para-hydroxylation sites is 2. The van der Waals surface area contributed by atoms with Gasteiger partial charge < -0.3 is 25.6 Å². The van der Waals surface area contributed by atoms with Gasteiger partial charge in [0.05, 0.1) is 5.69 Å². The molecule has 7 heteroatoms. The molecule has 0 aliphatic heterocycles. The minimum absolute atomic E-state index is 0.0773. The third-order valence-electron chi connectivity index (χ3n) is 3.55. The molecule has 0 aliphatic rings. The van der Waals surface area contributed by atoms with Crippen LogP contribution in [0.25, 0.3) is 0 Å². The van der Waals surface area contributed by atoms with E-state index in [-0.39, 0.29) is 23.6 Å². The normalized spacial score (nSPS) is 12.1. The third-order valence-corrected chi connectivity index (χ3v) is 3.55. The highest BCUT2D eigenvalue weighted by molar-refractivity contribution is 5.97. The minimum atomic E-state index is -0.941. The smallest absolute Gasteiger partial charge is 0.408 e. The van der Waals surface area contributed by atoms with Crippen LogP contribution in [0.1, 0.15) is 26.3 Å². The standard InChI is InChI=1S/C20H24N2O5/c1-20(2,3)27-19(26)22-16(12-13-8-10-14(23)11-9-13)18(25)21-15-6-4-5-7-17(15)24/h4-11,16,23-24H,12H2,1-3H3,(H,21,25)(H,22,26)/t16-/m0/s1. The quantitative estimate of drug-likeness (QED) is 0.603. The second kappa shape index (κ2) is 8.44. The number of benzene rings is 2. The van der Waals surface area contributed by atoms with E-state index >= 15 is 0 Å². The van der Waals surface area contributed by atoms with Crippen LogP contribution in [0.2, 0.25) is 0 Å². The summed E-state index contributed by atoms with van der Waals surface area (Å²) in [4.78, 5) is 24.8. The Kier molecular flexibility index (Phi) is 6.28. The number of hydrogen-bond acceptors (Lipinski definition) is 5. The number of aromatic hydroxyl groups is 2. The Morgan fingerprint density at radius 1 is 1.04 bits per heavy atom. The first-order valence-corrected chi connectivity index (χ1v) is 8.50. The number of alkyl carbamates (subject to hydrolysis) is 1. The summed E-state index contributed by atoms with van der Waals surface area (Å²) in [6.45, 7) is 5.18. The molecule has 0 fully saturated rings. The lowest BCUT2D eigenvalue weighted by molar-refractivity contribution is -0.118. The van der Waals surface area contributed by atoms with Crippen LogP contribution >= 0.6 is 0 Å². The van der Waals surface area contributed by atoms with Crippen molar-refractivity contribution in [3.8, 4) is 11.5 Å². The lowest BCUT2D eigenvalue weighted by atomic mass is 10.0. The highest BCUT2D eigenvalue weighted by Gasteiger charge is 2.25. The van der Waals surface area contributed by atoms with Crippen LogP contribution in [-0.4, -0.2) is 33.9 Å². The fraction of sp³-hybridized carbons (Fsp3) is 0.300. The molecular formula is C20H24N2O5. The first-order valence-electron chi connectivity index (χ1n) is 8.50. The van der Waals surface area contributed by atoms with Gasteiger partial charge in [0.25, 0.3) is 0 Å². The lowest BCUT2D eigenvalue weighted by Crippen LogP contribution is -2.47. The second-order valence-corrected chi connectivity index (χ2v) is 7.08. The minimum Gasteiger partial charge on any atom is -0.508 e. The van der Waals surface area contributed by atoms with Gasteiger partial charge in [-0.1, -0.05) is 24.3 Å². The number of phenolic OH excluding ortho intramolecular Hbond substituents is 2. The van der Waals surface area contributed by atoms with Crippen molar-refractivity contribution in [3.05, 3.63) is 54.1 Å². The van der Waals surface area contributed by atoms with Gasteiger partial charge in [0, 0.05) is 6.42 Å². The summed E-state index contributed by atoms with van der Waals surface area (Å²) in [7, 11) is 0. The van der Waals surface area contributed by atoms with E-state index in [0.717, 1.165) is 5.56 Å². The zero-order chi connectivity index (χ0) is 20.0. The molecule has 0 aromatic heterocycles. The topological polar surface area (TPSA) is 108 Å². The summed E-state index contributed by atoms with van der Waals surface area (Å²) >= 11 is 0. The maximum absolute atomic E-state index is 12.7. The van der Waals surface area contributed by atoms with Crippen molar-refractivity contribution in [2.24, 2.45) is 0 Å². The summed E-state index contributed by atoms with van der Waals surface area (Å²) in [5, 5.41) is 24.4. The van der Waals surface area contributed by atoms with Gasteiger partial charge in [-0.15, -0.1) is 0 Å². The number of ether oxygens (including phenoxy) is 1. The SMILES string of the molecule is CC(C)(C)OC(=O)N[C@@H](Cc1ccc(O)cc1)C(=O)Nc1ccccc1O. The lowest BCUT2D eigenvalue weighted by Gasteiger charge is -2.23. The van der Waals surface area contributed by atoms with E-state index in [2.05, 4.69) is 10.6 Å². The third kappa shape index (κ3) is 6.54. The van der Waals surface area contributed by atoms with Gasteiger partial charge >= 0.3 is 6.09 Å². The average molecular weight is 372 g/mol. The number of amides is 2. The molecule has 0 heterocycles. The van der Waals surface area contributed by atoms with E-state index < -0.39 is 23.6 Å². The van der Waals surface area contributed by atoms with E-state index in [1.165, 1.54) is 18.2 Å². The van der Waals surface area contributed by atoms with Crippen LogP contribution in [0.4, 0.5) is 10.5 Å². The molecule has 4 N–H and O–H groups in total. The molecule has 0 bridgehead atoms. The predicted octanol–water partition coefficient (Wildman–Crippen LogP) is 3.17. The molecule has 7 nitrogen and oxygen atoms in total. The molecule has 0 spiro atoms. The number of phenols is 2. The van der Waals surface area contributed by atoms with Gasteiger partial charge in [-0.2, -0.15) is 0 Å². The number of anilines is 1. The molecule has 0 saturated heterocycles. The molecule has 0 saturated carbocycles. The zero-order valence-corrected chi connectivity index (χ0v) is 15.5. The van der Waals surface area contributed by atoms with Crippen LogP contribution in [0.3, 0.4) is 0 Å². The Bertz CT molecular complexity index is 797. The molecule has 2 aromatic carbocycles. The van der Waals surface area contributed by atoms with Gasteiger partial charge in [0.1, 0.15) is 23.1 Å². The fourth-order valence-electron chi connectivity index (χ4n) is 2.33. The van der Waals surface area contributed by atoms with Crippen molar-refractivity contribution >= 4 is 17.7 Å². The summed E-state index contributed by atoms with van der Waals surface area (Å²) in [5.41, 5.74) is 0.270. The van der Waals surface area contributed by atoms with Gasteiger partial charge in [0.15, 0.2) is 0 Å². The van der Waals surface area contributed by atoms with Crippen molar-refractivity contribution in [2.45, 2.75) is 38.8 Å². The number of nitrogens with one attached hydrogen (secondary N) is 2. The maximum atomic E-state index is 12.7.